The van der Waals surface area contributed by atoms with E-state index in [0.29, 0.717) is 31.3 Å². The number of aryl methyl sites for hydroxylation is 1. The zero-order valence-electron chi connectivity index (χ0n) is 24.4. The normalized spacial score (nSPS) is 19.6. The molecule has 7 nitrogen and oxygen atoms in total. The van der Waals surface area contributed by atoms with Crippen molar-refractivity contribution in [1.82, 2.24) is 4.57 Å². The third-order valence-electron chi connectivity index (χ3n) is 7.98. The molecule has 0 saturated carbocycles. The molecule has 6 rings (SSSR count). The zero-order valence-corrected chi connectivity index (χ0v) is 27.5. The summed E-state index contributed by atoms with van der Waals surface area (Å²) >= 11 is 14.3. The molecule has 0 aliphatic carbocycles. The van der Waals surface area contributed by atoms with E-state index in [-0.39, 0.29) is 28.6 Å². The summed E-state index contributed by atoms with van der Waals surface area (Å²) in [6.45, 7) is 8.05. The van der Waals surface area contributed by atoms with E-state index in [0.717, 1.165) is 28.0 Å². The summed E-state index contributed by atoms with van der Waals surface area (Å²) < 4.78 is 1.40. The number of imide groups is 1. The lowest BCUT2D eigenvalue weighted by Crippen LogP contribution is -2.33. The molecule has 11 heteroatoms. The molecule has 0 bridgehead atoms. The number of fused-ring (bicyclic) bond motifs is 2. The van der Waals surface area contributed by atoms with Gasteiger partial charge in [-0.2, -0.15) is 0 Å². The average molecular weight is 667 g/mol. The highest BCUT2D eigenvalue weighted by Crippen LogP contribution is 2.54. The van der Waals surface area contributed by atoms with Gasteiger partial charge in [0.1, 0.15) is 11.8 Å². The Morgan fingerprint density at radius 1 is 0.909 bits per heavy atom. The van der Waals surface area contributed by atoms with Crippen molar-refractivity contribution in [1.29, 1.82) is 0 Å². The highest BCUT2D eigenvalue weighted by molar-refractivity contribution is 8.00. The minimum atomic E-state index is -0.762. The van der Waals surface area contributed by atoms with Gasteiger partial charge in [-0.25, -0.2) is 4.90 Å². The number of nitrogens with zero attached hydrogens (tertiary/aromatic N) is 2. The first-order valence-electron chi connectivity index (χ1n) is 14.0. The fourth-order valence-electron chi connectivity index (χ4n) is 5.67. The quantitative estimate of drug-likeness (QED) is 0.227. The van der Waals surface area contributed by atoms with E-state index >= 15 is 0 Å². The summed E-state index contributed by atoms with van der Waals surface area (Å²) in [5, 5.41) is 3.18. The lowest BCUT2D eigenvalue weighted by molar-refractivity contribution is -0.122. The predicted molar refractivity (Wildman–Crippen MR) is 177 cm³/mol. The van der Waals surface area contributed by atoms with Crippen LogP contribution < -0.4 is 15.1 Å². The molecule has 1 fully saturated rings. The van der Waals surface area contributed by atoms with Crippen molar-refractivity contribution < 1.29 is 14.4 Å². The van der Waals surface area contributed by atoms with Crippen LogP contribution in [0.3, 0.4) is 0 Å². The molecule has 0 radical (unpaired) electrons. The Morgan fingerprint density at radius 2 is 1.59 bits per heavy atom. The van der Waals surface area contributed by atoms with Gasteiger partial charge in [0, 0.05) is 16.5 Å². The van der Waals surface area contributed by atoms with Crippen LogP contribution in [0, 0.1) is 12.8 Å². The third-order valence-corrected chi connectivity index (χ3v) is 11.3. The number of nitrogens with one attached hydrogen (secondary N) is 1. The lowest BCUT2D eigenvalue weighted by Gasteiger charge is -2.31. The molecule has 3 aromatic carbocycles. The molecule has 226 valence electrons. The maximum absolute atomic E-state index is 14.1. The van der Waals surface area contributed by atoms with E-state index < -0.39 is 23.0 Å². The topological polar surface area (TPSA) is 88.5 Å². The molecule has 0 spiro atoms. The van der Waals surface area contributed by atoms with Crippen molar-refractivity contribution in [2.24, 2.45) is 5.92 Å². The van der Waals surface area contributed by atoms with E-state index in [1.807, 2.05) is 43.3 Å². The number of benzene rings is 3. The number of anilines is 2. The van der Waals surface area contributed by atoms with Crippen molar-refractivity contribution in [3.8, 4) is 0 Å². The van der Waals surface area contributed by atoms with Crippen LogP contribution in [0.2, 0.25) is 10.0 Å². The van der Waals surface area contributed by atoms with Gasteiger partial charge < -0.3 is 5.32 Å². The minimum Gasteiger partial charge on any atom is -0.324 e. The van der Waals surface area contributed by atoms with Gasteiger partial charge in [-0.3, -0.25) is 23.7 Å². The van der Waals surface area contributed by atoms with Crippen LogP contribution in [0.15, 0.2) is 76.6 Å². The van der Waals surface area contributed by atoms with Gasteiger partial charge in [0.2, 0.25) is 17.7 Å². The van der Waals surface area contributed by atoms with Crippen molar-refractivity contribution >= 4 is 75.4 Å². The van der Waals surface area contributed by atoms with E-state index in [1.165, 1.54) is 27.3 Å². The maximum Gasteiger partial charge on any atom is 0.308 e. The number of hydrogen-bond acceptors (Lipinski definition) is 6. The molecule has 3 atom stereocenters. The van der Waals surface area contributed by atoms with E-state index in [4.69, 9.17) is 23.2 Å². The second-order valence-electron chi connectivity index (χ2n) is 12.1. The van der Waals surface area contributed by atoms with Crippen molar-refractivity contribution in [3.05, 3.63) is 108 Å². The number of carbonyl (C=O) groups is 3. The van der Waals surface area contributed by atoms with Crippen molar-refractivity contribution in [3.63, 3.8) is 0 Å². The molecule has 2 aliphatic heterocycles. The molecule has 0 unspecified atom stereocenters. The summed E-state index contributed by atoms with van der Waals surface area (Å²) in [6, 6.07) is 20.1. The first-order valence-corrected chi connectivity index (χ1v) is 16.5. The summed E-state index contributed by atoms with van der Waals surface area (Å²) in [5.74, 6) is -2.31. The first kappa shape index (κ1) is 30.6. The molecule has 4 aromatic rings. The summed E-state index contributed by atoms with van der Waals surface area (Å²) in [4.78, 5) is 56.2. The standard InChI is InChI=1S/C33H29Cl2N3O4S2/c1-17-5-12-21(13-6-17)38-29(40)26-25(18-7-9-19(10-8-18)33(2,3)4)28-31(43-27(26)30(38)41)37(32(42)44-28)16-24(39)36-20-11-14-22(34)23(35)15-20/h5-15,25-27H,16H2,1-4H3,(H,36,39)/t25-,26-,27+/m0/s1. The highest BCUT2D eigenvalue weighted by Gasteiger charge is 2.56. The van der Waals surface area contributed by atoms with Crippen LogP contribution in [0.1, 0.15) is 48.3 Å². The molecule has 1 N–H and O–H groups in total. The Balaban J connectivity index is 1.41. The molecule has 1 saturated heterocycles. The third kappa shape index (κ3) is 5.51. The number of thiazole rings is 1. The monoisotopic (exact) mass is 665 g/mol. The van der Waals surface area contributed by atoms with Crippen LogP contribution in [-0.4, -0.2) is 27.5 Å². The fraction of sp³-hybridized carbons (Fsp3) is 0.273. The van der Waals surface area contributed by atoms with Gasteiger partial charge >= 0.3 is 4.87 Å². The second kappa shape index (κ2) is 11.5. The number of rotatable bonds is 5. The largest absolute Gasteiger partial charge is 0.324 e. The molecular formula is C33H29Cl2N3O4S2. The van der Waals surface area contributed by atoms with Gasteiger partial charge in [0.05, 0.1) is 26.7 Å². The van der Waals surface area contributed by atoms with Crippen LogP contribution in [0.25, 0.3) is 0 Å². The van der Waals surface area contributed by atoms with Gasteiger partial charge in [-0.15, -0.1) is 0 Å². The van der Waals surface area contributed by atoms with Gasteiger partial charge in [0.15, 0.2) is 0 Å². The molecule has 1 aromatic heterocycles. The number of thioether (sulfide) groups is 1. The molecule has 44 heavy (non-hydrogen) atoms. The maximum atomic E-state index is 14.1. The number of hydrogen-bond donors (Lipinski definition) is 1. The number of amides is 3. The van der Waals surface area contributed by atoms with Crippen LogP contribution in [-0.2, 0) is 26.3 Å². The first-order chi connectivity index (χ1) is 20.8. The predicted octanol–water partition coefficient (Wildman–Crippen LogP) is 7.26. The van der Waals surface area contributed by atoms with E-state index in [1.54, 1.807) is 24.3 Å². The Bertz CT molecular complexity index is 1860. The Morgan fingerprint density at radius 3 is 2.23 bits per heavy atom. The van der Waals surface area contributed by atoms with Crippen LogP contribution >= 0.6 is 46.3 Å². The number of aromatic nitrogens is 1. The minimum absolute atomic E-state index is 0.0775. The Labute approximate surface area is 273 Å². The molecule has 3 heterocycles. The highest BCUT2D eigenvalue weighted by atomic mass is 35.5. The SMILES string of the molecule is Cc1ccc(N2C(=O)[C@H]3[C@H](c4ccc(C(C)(C)C)cc4)c4sc(=O)n(CC(=O)Nc5ccc(Cl)c(Cl)c5)c4S[C@H]3C2=O)cc1. The molecular weight excluding hydrogens is 637 g/mol. The Hall–Kier alpha value is -3.37. The van der Waals surface area contributed by atoms with Crippen molar-refractivity contribution in [2.45, 2.75) is 55.8 Å². The number of halogens is 2. The lowest BCUT2D eigenvalue weighted by atomic mass is 9.81. The smallest absolute Gasteiger partial charge is 0.308 e. The van der Waals surface area contributed by atoms with Gasteiger partial charge in [0.25, 0.3) is 0 Å². The summed E-state index contributed by atoms with van der Waals surface area (Å²) in [6.07, 6.45) is 0. The summed E-state index contributed by atoms with van der Waals surface area (Å²) in [5.41, 5.74) is 3.87. The average Bonchev–Trinajstić information content (AvgIpc) is 3.41. The second-order valence-corrected chi connectivity index (χ2v) is 15.0. The van der Waals surface area contributed by atoms with Crippen LogP contribution in [0.5, 0.6) is 0 Å². The van der Waals surface area contributed by atoms with E-state index in [9.17, 15) is 19.2 Å². The van der Waals surface area contributed by atoms with E-state index in [2.05, 4.69) is 26.1 Å². The van der Waals surface area contributed by atoms with Crippen LogP contribution in [0.4, 0.5) is 11.4 Å². The van der Waals surface area contributed by atoms with Gasteiger partial charge in [-0.1, -0.05) is 109 Å². The van der Waals surface area contributed by atoms with Gasteiger partial charge in [-0.05, 0) is 53.8 Å². The Kier molecular flexibility index (Phi) is 8.03. The summed E-state index contributed by atoms with van der Waals surface area (Å²) in [7, 11) is 0. The molecule has 3 amide bonds. The number of carbonyl (C=O) groups excluding carboxylic acids is 3. The fourth-order valence-corrected chi connectivity index (χ4v) is 8.74. The zero-order chi connectivity index (χ0) is 31.5. The van der Waals surface area contributed by atoms with Crippen molar-refractivity contribution in [2.75, 3.05) is 10.2 Å². The molecule has 2 aliphatic rings.